The minimum Gasteiger partial charge on any atom is -0.382 e. The quantitative estimate of drug-likeness (QED) is 0.106. The molecule has 2 atom stereocenters. The van der Waals surface area contributed by atoms with Gasteiger partial charge in [0, 0.05) is 34.3 Å². The fourth-order valence-corrected chi connectivity index (χ4v) is 6.75. The average Bonchev–Trinajstić information content (AvgIpc) is 3.23. The van der Waals surface area contributed by atoms with Crippen molar-refractivity contribution in [1.82, 2.24) is 29.9 Å². The minimum absolute atomic E-state index is 0.0614. The molecule has 4 heterocycles. The second-order valence-corrected chi connectivity index (χ2v) is 13.4. The first-order valence-corrected chi connectivity index (χ1v) is 18.2. The molecule has 296 valence electrons. The summed E-state index contributed by atoms with van der Waals surface area (Å²) in [7, 11) is 0. The van der Waals surface area contributed by atoms with Gasteiger partial charge in [0.15, 0.2) is 0 Å². The summed E-state index contributed by atoms with van der Waals surface area (Å²) in [6.45, 7) is 3.68. The van der Waals surface area contributed by atoms with Gasteiger partial charge in [-0.05, 0) is 96.8 Å². The molecule has 6 N–H and O–H groups in total. The van der Waals surface area contributed by atoms with Gasteiger partial charge in [0.2, 0.25) is 0 Å². The van der Waals surface area contributed by atoms with E-state index in [1.165, 1.54) is 61.2 Å². The van der Waals surface area contributed by atoms with Crippen LogP contribution in [-0.4, -0.2) is 29.9 Å². The highest BCUT2D eigenvalue weighted by Crippen LogP contribution is 2.38. The van der Waals surface area contributed by atoms with E-state index >= 15 is 0 Å². The van der Waals surface area contributed by atoms with E-state index < -0.39 is 35.4 Å². The van der Waals surface area contributed by atoms with Crippen LogP contribution >= 0.6 is 0 Å². The molecule has 4 aromatic heterocycles. The molecule has 0 spiro atoms. The van der Waals surface area contributed by atoms with Gasteiger partial charge in [-0.25, -0.2) is 37.5 Å². The Morgan fingerprint density at radius 2 is 0.933 bits per heavy atom. The van der Waals surface area contributed by atoms with Crippen molar-refractivity contribution >= 4 is 45.1 Å². The molecule has 0 saturated carbocycles. The number of nitrogens with one attached hydrogen (secondary N) is 2. The van der Waals surface area contributed by atoms with Crippen LogP contribution in [0.5, 0.6) is 0 Å². The van der Waals surface area contributed by atoms with E-state index in [9.17, 15) is 28.1 Å². The van der Waals surface area contributed by atoms with Crippen molar-refractivity contribution in [3.8, 4) is 34.4 Å². The number of aromatic nitrogens is 6. The van der Waals surface area contributed by atoms with E-state index in [2.05, 4.69) is 40.5 Å². The van der Waals surface area contributed by atoms with Crippen LogP contribution in [0.25, 0.3) is 44.1 Å². The van der Waals surface area contributed by atoms with E-state index in [1.54, 1.807) is 48.8 Å². The van der Waals surface area contributed by atoms with Crippen LogP contribution in [-0.2, 0) is 0 Å². The van der Waals surface area contributed by atoms with Crippen molar-refractivity contribution in [2.24, 2.45) is 0 Å². The van der Waals surface area contributed by atoms with Crippen molar-refractivity contribution in [3.05, 3.63) is 156 Å². The maximum Gasteiger partial charge on any atom is 0.150 e. The van der Waals surface area contributed by atoms with E-state index in [1.807, 2.05) is 26.0 Å². The topological polar surface area (TPSA) is 201 Å². The monoisotopic (exact) mass is 804 g/mol. The van der Waals surface area contributed by atoms with Crippen molar-refractivity contribution in [3.63, 3.8) is 0 Å². The standard InChI is InChI=1S/2C22H16F2N6/c2*1-12(30-22-17(9-25)21(26)28-11-29-22)18-10-27-19-6-5-15(24)8-16(19)20(18)13-3-2-4-14(23)7-13/h2*2-8,10-12H,1H3,(H3,26,28,29,30)/t2*12-/m10/s1. The van der Waals surface area contributed by atoms with Crippen LogP contribution in [0.15, 0.2) is 110 Å². The highest BCUT2D eigenvalue weighted by atomic mass is 19.1. The summed E-state index contributed by atoms with van der Waals surface area (Å²) in [5.74, 6) is -1.00. The van der Waals surface area contributed by atoms with Gasteiger partial charge >= 0.3 is 0 Å². The molecule has 0 aliphatic rings. The van der Waals surface area contributed by atoms with Crippen LogP contribution in [0, 0.1) is 45.9 Å². The number of nitrogens with zero attached hydrogens (tertiary/aromatic N) is 8. The molecule has 0 unspecified atom stereocenters. The lowest BCUT2D eigenvalue weighted by Gasteiger charge is -2.21. The number of nitrogens with two attached hydrogens (primary N) is 2. The lowest BCUT2D eigenvalue weighted by molar-refractivity contribution is 0.627. The SMILES string of the molecule is C[C@@H](Nc1ncnc(N)c1C#N)c1cnc2ccc(F)cc2c1-c1cccc(F)c1.C[C@H](Nc1ncnc(N)c1C#N)c1cnc2ccc(F)cc2c1-c1cccc(F)c1. The lowest BCUT2D eigenvalue weighted by Crippen LogP contribution is -2.12. The summed E-state index contributed by atoms with van der Waals surface area (Å²) >= 11 is 0. The molecule has 0 amide bonds. The largest absolute Gasteiger partial charge is 0.382 e. The summed E-state index contributed by atoms with van der Waals surface area (Å²) in [6.07, 6.45) is 5.81. The summed E-state index contributed by atoms with van der Waals surface area (Å²) in [5, 5.41) is 26.1. The Balaban J connectivity index is 0.000000181. The molecule has 16 heteroatoms. The second-order valence-electron chi connectivity index (χ2n) is 13.4. The third kappa shape index (κ3) is 8.25. The number of rotatable bonds is 8. The van der Waals surface area contributed by atoms with Gasteiger partial charge in [-0.15, -0.1) is 0 Å². The van der Waals surface area contributed by atoms with Crippen molar-refractivity contribution < 1.29 is 17.6 Å². The summed E-state index contributed by atoms with van der Waals surface area (Å²) in [5.41, 5.74) is 16.7. The first kappa shape index (κ1) is 40.0. The van der Waals surface area contributed by atoms with Gasteiger partial charge in [0.05, 0.1) is 23.1 Å². The van der Waals surface area contributed by atoms with Gasteiger partial charge in [0.1, 0.15) is 82.5 Å². The Labute approximate surface area is 340 Å². The third-order valence-electron chi connectivity index (χ3n) is 9.56. The molecule has 12 nitrogen and oxygen atoms in total. The number of pyridine rings is 2. The zero-order chi connectivity index (χ0) is 42.5. The van der Waals surface area contributed by atoms with E-state index in [0.717, 1.165) is 0 Å². The summed E-state index contributed by atoms with van der Waals surface area (Å²) in [4.78, 5) is 24.7. The van der Waals surface area contributed by atoms with Gasteiger partial charge in [-0.1, -0.05) is 24.3 Å². The van der Waals surface area contributed by atoms with E-state index in [-0.39, 0.29) is 34.4 Å². The summed E-state index contributed by atoms with van der Waals surface area (Å²) in [6, 6.07) is 23.9. The molecule has 0 fully saturated rings. The maximum atomic E-state index is 14.1. The fourth-order valence-electron chi connectivity index (χ4n) is 6.75. The number of hydrogen-bond acceptors (Lipinski definition) is 12. The normalized spacial score (nSPS) is 11.8. The number of hydrogen-bond donors (Lipinski definition) is 4. The fraction of sp³-hybridized carbons (Fsp3) is 0.0909. The van der Waals surface area contributed by atoms with Crippen LogP contribution in [0.3, 0.4) is 0 Å². The van der Waals surface area contributed by atoms with E-state index in [4.69, 9.17) is 11.5 Å². The smallest absolute Gasteiger partial charge is 0.150 e. The highest BCUT2D eigenvalue weighted by molar-refractivity contribution is 5.97. The predicted octanol–water partition coefficient (Wildman–Crippen LogP) is 9.19. The molecular formula is C44H32F4N12. The van der Waals surface area contributed by atoms with Crippen molar-refractivity contribution in [2.45, 2.75) is 25.9 Å². The predicted molar refractivity (Wildman–Crippen MR) is 221 cm³/mol. The van der Waals surface area contributed by atoms with Crippen LogP contribution < -0.4 is 22.1 Å². The Morgan fingerprint density at radius 1 is 0.533 bits per heavy atom. The Kier molecular flexibility index (Phi) is 11.4. The highest BCUT2D eigenvalue weighted by Gasteiger charge is 2.21. The van der Waals surface area contributed by atoms with Crippen molar-refractivity contribution in [1.29, 1.82) is 10.5 Å². The molecule has 0 saturated heterocycles. The van der Waals surface area contributed by atoms with Gasteiger partial charge in [-0.2, -0.15) is 10.5 Å². The number of fused-ring (bicyclic) bond motifs is 2. The molecule has 8 rings (SSSR count). The number of nitriles is 2. The number of halogens is 4. The molecule has 0 aliphatic carbocycles. The van der Waals surface area contributed by atoms with Gasteiger partial charge in [-0.3, -0.25) is 9.97 Å². The lowest BCUT2D eigenvalue weighted by atomic mass is 9.93. The molecular weight excluding hydrogens is 773 g/mol. The van der Waals surface area contributed by atoms with Gasteiger partial charge in [0.25, 0.3) is 0 Å². The van der Waals surface area contributed by atoms with Crippen LogP contribution in [0.4, 0.5) is 40.8 Å². The minimum atomic E-state index is -0.421. The van der Waals surface area contributed by atoms with E-state index in [0.29, 0.717) is 55.2 Å². The number of benzene rings is 4. The molecule has 8 aromatic rings. The van der Waals surface area contributed by atoms with Crippen LogP contribution in [0.2, 0.25) is 0 Å². The maximum absolute atomic E-state index is 14.1. The first-order valence-electron chi connectivity index (χ1n) is 18.2. The molecule has 60 heavy (non-hydrogen) atoms. The summed E-state index contributed by atoms with van der Waals surface area (Å²) < 4.78 is 56.1. The number of nitrogen functional groups attached to an aromatic ring is 2. The molecule has 0 bridgehead atoms. The Bertz CT molecular complexity index is 2800. The second kappa shape index (κ2) is 17.1. The Morgan fingerprint density at radius 3 is 1.32 bits per heavy atom. The first-order chi connectivity index (χ1) is 28.9. The van der Waals surface area contributed by atoms with Gasteiger partial charge < -0.3 is 22.1 Å². The zero-order valence-electron chi connectivity index (χ0n) is 31.8. The third-order valence-corrected chi connectivity index (χ3v) is 9.56. The molecule has 0 radical (unpaired) electrons. The average molecular weight is 805 g/mol. The van der Waals surface area contributed by atoms with Crippen LogP contribution in [0.1, 0.15) is 48.2 Å². The zero-order valence-corrected chi connectivity index (χ0v) is 31.8. The number of anilines is 4. The van der Waals surface area contributed by atoms with Crippen molar-refractivity contribution in [2.75, 3.05) is 22.1 Å². The Hall–Kier alpha value is -8.24. The molecule has 4 aromatic carbocycles. The molecule has 0 aliphatic heterocycles.